The molecule has 14 heteroatoms. The van der Waals surface area contributed by atoms with Crippen LogP contribution in [0.3, 0.4) is 0 Å². The number of halogens is 4. The molecule has 2 heterocycles. The van der Waals surface area contributed by atoms with Crippen LogP contribution in [0, 0.1) is 35.4 Å². The molecule has 5 aliphatic rings. The second-order valence-corrected chi connectivity index (χ2v) is 14.8. The number of alkyl halides is 3. The molecule has 1 N–H and O–H groups in total. The van der Waals surface area contributed by atoms with Gasteiger partial charge in [-0.15, -0.1) is 0 Å². The van der Waals surface area contributed by atoms with Gasteiger partial charge in [0.1, 0.15) is 17.2 Å². The smallest absolute Gasteiger partial charge is 0.421 e. The third-order valence-electron chi connectivity index (χ3n) is 10.2. The van der Waals surface area contributed by atoms with Crippen molar-refractivity contribution in [2.24, 2.45) is 34.7 Å². The molecule has 3 saturated carbocycles. The molecule has 2 aromatic carbocycles. The number of imide groups is 1. The predicted molar refractivity (Wildman–Crippen MR) is 176 cm³/mol. The van der Waals surface area contributed by atoms with Crippen molar-refractivity contribution in [2.75, 3.05) is 25.2 Å². The van der Waals surface area contributed by atoms with E-state index in [4.69, 9.17) is 19.0 Å². The number of hydrogen-bond donors (Lipinski definition) is 1. The first-order chi connectivity index (χ1) is 24.1. The number of nitrogens with zero attached hydrogens (tertiary/aromatic N) is 2. The zero-order valence-corrected chi connectivity index (χ0v) is 28.6. The predicted octanol–water partition coefficient (Wildman–Crippen LogP) is 6.66. The molecule has 2 aliphatic heterocycles. The highest BCUT2D eigenvalue weighted by atomic mass is 19.4. The van der Waals surface area contributed by atoms with E-state index in [2.05, 4.69) is 16.5 Å². The lowest BCUT2D eigenvalue weighted by atomic mass is 9.83. The van der Waals surface area contributed by atoms with Gasteiger partial charge in [-0.1, -0.05) is 16.8 Å². The van der Waals surface area contributed by atoms with E-state index in [1.165, 1.54) is 7.11 Å². The van der Waals surface area contributed by atoms with Crippen LogP contribution in [0.5, 0.6) is 5.75 Å². The molecule has 0 aromatic heterocycles. The highest BCUT2D eigenvalue weighted by Gasteiger charge is 2.57. The monoisotopic (exact) mass is 713 g/mol. The Bertz CT molecular complexity index is 1820. The molecule has 0 radical (unpaired) electrons. The number of rotatable bonds is 7. The van der Waals surface area contributed by atoms with Crippen molar-refractivity contribution in [2.45, 2.75) is 70.4 Å². The van der Waals surface area contributed by atoms with Gasteiger partial charge in [0.05, 0.1) is 54.7 Å². The summed E-state index contributed by atoms with van der Waals surface area (Å²) in [5, 5.41) is 7.31. The molecule has 3 amide bonds. The molecular formula is C37H39F4N3O7. The molecule has 51 heavy (non-hydrogen) atoms. The number of ether oxygens (including phenoxy) is 3. The summed E-state index contributed by atoms with van der Waals surface area (Å²) in [7, 11) is 1.43. The number of benzene rings is 2. The number of methoxy groups -OCH3 is 1. The number of carbonyl (C=O) groups excluding carboxylic acids is 3. The molecule has 3 aliphatic carbocycles. The topological polar surface area (TPSA) is 116 Å². The van der Waals surface area contributed by atoms with Gasteiger partial charge >= 0.3 is 12.3 Å². The van der Waals surface area contributed by atoms with Gasteiger partial charge in [-0.3, -0.25) is 9.59 Å². The SMILES string of the molecule is COc1ccc(C2=NOC3COCC23)cc1C(=O)N[C@H]1[C@@H](C(=O)N(C(=O)OC(C)(C)C)c2ccc(F)c(C(F)(F)F)c2)[C@H]2CC[C@@H]1/C2=C\C1CC1. The minimum Gasteiger partial charge on any atom is -0.496 e. The van der Waals surface area contributed by atoms with Crippen LogP contribution in [0.25, 0.3) is 0 Å². The number of amides is 3. The molecule has 7 rings (SSSR count). The van der Waals surface area contributed by atoms with Crippen molar-refractivity contribution in [1.82, 2.24) is 5.32 Å². The van der Waals surface area contributed by atoms with Gasteiger partial charge < -0.3 is 24.4 Å². The van der Waals surface area contributed by atoms with Gasteiger partial charge in [0.15, 0.2) is 6.10 Å². The van der Waals surface area contributed by atoms with Crippen LogP contribution >= 0.6 is 0 Å². The second kappa shape index (κ2) is 12.9. The van der Waals surface area contributed by atoms with Gasteiger partial charge in [-0.25, -0.2) is 14.1 Å². The van der Waals surface area contributed by atoms with Crippen LogP contribution in [-0.2, 0) is 25.3 Å². The molecule has 0 spiro atoms. The molecule has 4 fully saturated rings. The van der Waals surface area contributed by atoms with Gasteiger partial charge in [0.2, 0.25) is 5.91 Å². The maximum absolute atomic E-state index is 14.7. The maximum Gasteiger partial charge on any atom is 0.421 e. The number of hydrogen-bond acceptors (Lipinski definition) is 8. The van der Waals surface area contributed by atoms with Crippen molar-refractivity contribution in [3.05, 3.63) is 70.6 Å². The highest BCUT2D eigenvalue weighted by molar-refractivity contribution is 6.14. The normalized spacial score (nSPS) is 27.5. The third-order valence-corrected chi connectivity index (χ3v) is 10.2. The van der Waals surface area contributed by atoms with E-state index in [9.17, 15) is 31.9 Å². The van der Waals surface area contributed by atoms with Crippen molar-refractivity contribution < 1.29 is 51.0 Å². The molecular weight excluding hydrogens is 674 g/mol. The Labute approximate surface area is 292 Å². The first-order valence-corrected chi connectivity index (χ1v) is 17.1. The van der Waals surface area contributed by atoms with Crippen molar-refractivity contribution in [3.8, 4) is 5.75 Å². The summed E-state index contributed by atoms with van der Waals surface area (Å²) in [5.41, 5.74) is -0.795. The summed E-state index contributed by atoms with van der Waals surface area (Å²) in [6.45, 7) is 5.51. The summed E-state index contributed by atoms with van der Waals surface area (Å²) in [5.74, 6) is -4.13. The second-order valence-electron chi connectivity index (χ2n) is 14.8. The lowest BCUT2D eigenvalue weighted by molar-refractivity contribution is -0.140. The summed E-state index contributed by atoms with van der Waals surface area (Å²) in [6, 6.07) is 6.19. The van der Waals surface area contributed by atoms with E-state index < -0.39 is 64.6 Å². The van der Waals surface area contributed by atoms with E-state index in [1.54, 1.807) is 39.0 Å². The number of nitrogens with one attached hydrogen (secondary N) is 1. The van der Waals surface area contributed by atoms with E-state index in [-0.39, 0.29) is 29.3 Å². The highest BCUT2D eigenvalue weighted by Crippen LogP contribution is 2.55. The number of fused-ring (bicyclic) bond motifs is 3. The van der Waals surface area contributed by atoms with Gasteiger partial charge in [-0.2, -0.15) is 13.2 Å². The zero-order valence-electron chi connectivity index (χ0n) is 28.6. The third kappa shape index (κ3) is 6.70. The minimum atomic E-state index is -5.10. The zero-order chi connectivity index (χ0) is 36.4. The van der Waals surface area contributed by atoms with Gasteiger partial charge in [-0.05, 0) is 94.7 Å². The maximum atomic E-state index is 14.7. The standard InChI is InChI=1S/C37H39F4N3O7/c1-36(2,3)50-35(47)44(20-8-11-27(38)26(15-20)37(39,40)41)34(46)30-21-9-10-22(23(21)13-18-5-6-18)32(30)42-33(45)24-14-19(7-12-28(24)48-4)31-25-16-49-17-29(25)51-43-31/h7-8,11-15,18,21-22,25,29-30,32H,5-6,9-10,16-17H2,1-4H3,(H,42,45)/b23-13-/t21-,22+,25?,29?,30-,32+/m0/s1. The fraction of sp³-hybridized carbons (Fsp3) is 0.514. The Hall–Kier alpha value is -4.46. The average molecular weight is 714 g/mol. The Kier molecular flexibility index (Phi) is 8.87. The quantitative estimate of drug-likeness (QED) is 0.252. The molecule has 2 unspecified atom stereocenters. The first-order valence-electron chi connectivity index (χ1n) is 17.1. The Morgan fingerprint density at radius 2 is 1.73 bits per heavy atom. The summed E-state index contributed by atoms with van der Waals surface area (Å²) >= 11 is 0. The molecule has 2 bridgehead atoms. The van der Waals surface area contributed by atoms with E-state index >= 15 is 0 Å². The van der Waals surface area contributed by atoms with Crippen molar-refractivity contribution in [3.63, 3.8) is 0 Å². The van der Waals surface area contributed by atoms with Crippen molar-refractivity contribution >= 4 is 29.3 Å². The summed E-state index contributed by atoms with van der Waals surface area (Å²) < 4.78 is 72.5. The van der Waals surface area contributed by atoms with Crippen molar-refractivity contribution in [1.29, 1.82) is 0 Å². The molecule has 2 aromatic rings. The van der Waals surface area contributed by atoms with E-state index in [1.807, 2.05) is 0 Å². The van der Waals surface area contributed by atoms with E-state index in [0.29, 0.717) is 60.3 Å². The lowest BCUT2D eigenvalue weighted by Gasteiger charge is -2.34. The van der Waals surface area contributed by atoms with Gasteiger partial charge in [0.25, 0.3) is 5.91 Å². The van der Waals surface area contributed by atoms with Crippen LogP contribution < -0.4 is 15.0 Å². The lowest BCUT2D eigenvalue weighted by Crippen LogP contribution is -2.53. The first kappa shape index (κ1) is 35.0. The molecule has 6 atom stereocenters. The Balaban J connectivity index is 1.26. The number of anilines is 1. The van der Waals surface area contributed by atoms with E-state index in [0.717, 1.165) is 24.5 Å². The number of allylic oxidation sites excluding steroid dienone is 1. The van der Waals surface area contributed by atoms with Gasteiger partial charge in [0, 0.05) is 17.5 Å². The Morgan fingerprint density at radius 1 is 0.980 bits per heavy atom. The Morgan fingerprint density at radius 3 is 2.41 bits per heavy atom. The molecule has 272 valence electrons. The van der Waals surface area contributed by atoms with Crippen LogP contribution in [0.15, 0.2) is 53.2 Å². The van der Waals surface area contributed by atoms with Crippen LogP contribution in [0.1, 0.15) is 67.9 Å². The summed E-state index contributed by atoms with van der Waals surface area (Å²) in [6.07, 6.45) is -1.16. The minimum absolute atomic E-state index is 0.0971. The fourth-order valence-corrected chi connectivity index (χ4v) is 7.82. The van der Waals surface area contributed by atoms with Crippen LogP contribution in [0.4, 0.5) is 28.0 Å². The largest absolute Gasteiger partial charge is 0.496 e. The average Bonchev–Trinajstić information content (AvgIpc) is 3.32. The number of oxime groups is 1. The molecule has 1 saturated heterocycles. The number of carbonyl (C=O) groups is 3. The summed E-state index contributed by atoms with van der Waals surface area (Å²) in [4.78, 5) is 48.8. The van der Waals surface area contributed by atoms with Crippen LogP contribution in [0.2, 0.25) is 0 Å². The fourth-order valence-electron chi connectivity index (χ4n) is 7.82. The van der Waals surface area contributed by atoms with Crippen LogP contribution in [-0.4, -0.2) is 61.7 Å². The molecule has 10 nitrogen and oxygen atoms in total.